The zero-order chi connectivity index (χ0) is 15.4. The normalized spacial score (nSPS) is 10.0. The number of hydrogen-bond donors (Lipinski definition) is 2. The molecule has 0 spiro atoms. The molecular formula is C16H19N5. The van der Waals surface area contributed by atoms with Gasteiger partial charge in [0, 0.05) is 24.7 Å². The first-order valence-corrected chi connectivity index (χ1v) is 6.92. The monoisotopic (exact) mass is 281 g/mol. The second-order valence-electron chi connectivity index (χ2n) is 4.83. The fraction of sp³-hybridized carbons (Fsp3) is 0.312. The molecule has 0 fully saturated rings. The Kier molecular flexibility index (Phi) is 4.39. The van der Waals surface area contributed by atoms with Gasteiger partial charge >= 0.3 is 0 Å². The van der Waals surface area contributed by atoms with Crippen molar-refractivity contribution < 1.29 is 0 Å². The number of rotatable bonds is 4. The molecule has 2 N–H and O–H groups in total. The van der Waals surface area contributed by atoms with Crippen molar-refractivity contribution in [3.8, 4) is 6.07 Å². The third-order valence-electron chi connectivity index (χ3n) is 3.36. The van der Waals surface area contributed by atoms with Crippen LogP contribution in [0.2, 0.25) is 0 Å². The summed E-state index contributed by atoms with van der Waals surface area (Å²) >= 11 is 0. The van der Waals surface area contributed by atoms with Crippen LogP contribution in [0.4, 0.5) is 17.3 Å². The van der Waals surface area contributed by atoms with Crippen molar-refractivity contribution in [2.24, 2.45) is 0 Å². The van der Waals surface area contributed by atoms with E-state index in [2.05, 4.69) is 26.7 Å². The van der Waals surface area contributed by atoms with Crippen LogP contribution in [0.15, 0.2) is 18.2 Å². The van der Waals surface area contributed by atoms with Crippen molar-refractivity contribution in [2.45, 2.75) is 27.2 Å². The largest absolute Gasteiger partial charge is 0.373 e. The Morgan fingerprint density at radius 1 is 1.19 bits per heavy atom. The summed E-state index contributed by atoms with van der Waals surface area (Å²) in [7, 11) is 1.85. The molecule has 0 saturated heterocycles. The van der Waals surface area contributed by atoms with E-state index < -0.39 is 0 Å². The number of aromatic nitrogens is 2. The van der Waals surface area contributed by atoms with E-state index >= 15 is 0 Å². The van der Waals surface area contributed by atoms with E-state index in [9.17, 15) is 0 Å². The van der Waals surface area contributed by atoms with E-state index in [4.69, 9.17) is 5.26 Å². The molecule has 0 aliphatic carbocycles. The van der Waals surface area contributed by atoms with E-state index in [1.54, 1.807) is 0 Å². The smallest absolute Gasteiger partial charge is 0.139 e. The highest BCUT2D eigenvalue weighted by atomic mass is 15.1. The van der Waals surface area contributed by atoms with Gasteiger partial charge in [0.2, 0.25) is 0 Å². The Bertz CT molecular complexity index is 701. The highest BCUT2D eigenvalue weighted by Crippen LogP contribution is 2.26. The van der Waals surface area contributed by atoms with Crippen LogP contribution in [0.3, 0.4) is 0 Å². The van der Waals surface area contributed by atoms with Gasteiger partial charge in [-0.05, 0) is 31.5 Å². The van der Waals surface area contributed by atoms with Crippen molar-refractivity contribution in [1.29, 1.82) is 5.26 Å². The number of hydrogen-bond acceptors (Lipinski definition) is 5. The van der Waals surface area contributed by atoms with E-state index in [1.165, 1.54) is 0 Å². The van der Waals surface area contributed by atoms with Crippen LogP contribution >= 0.6 is 0 Å². The molecule has 0 atom stereocenters. The molecule has 1 heterocycles. The Morgan fingerprint density at radius 2 is 1.90 bits per heavy atom. The van der Waals surface area contributed by atoms with E-state index in [1.807, 2.05) is 46.0 Å². The van der Waals surface area contributed by atoms with Gasteiger partial charge in [-0.2, -0.15) is 5.26 Å². The molecule has 5 nitrogen and oxygen atoms in total. The standard InChI is InChI=1S/C16H19N5/c1-5-14-20-15(18-4)11(3)16(21-14)19-13-8-12(9-17)7-6-10(13)2/h6-8H,5H2,1-4H3,(H2,18,19,20,21). The number of nitrogens with zero attached hydrogens (tertiary/aromatic N) is 3. The molecule has 0 aliphatic rings. The Labute approximate surface area is 125 Å². The van der Waals surface area contributed by atoms with Gasteiger partial charge < -0.3 is 10.6 Å². The van der Waals surface area contributed by atoms with Crippen molar-refractivity contribution in [1.82, 2.24) is 9.97 Å². The lowest BCUT2D eigenvalue weighted by Gasteiger charge is -2.15. The fourth-order valence-corrected chi connectivity index (χ4v) is 2.04. The van der Waals surface area contributed by atoms with Crippen LogP contribution in [-0.2, 0) is 6.42 Å². The predicted octanol–water partition coefficient (Wildman–Crippen LogP) is 3.31. The van der Waals surface area contributed by atoms with Gasteiger partial charge in [0.15, 0.2) is 0 Å². The lowest BCUT2D eigenvalue weighted by molar-refractivity contribution is 0.935. The third kappa shape index (κ3) is 3.11. The molecule has 1 aromatic carbocycles. The van der Waals surface area contributed by atoms with Crippen molar-refractivity contribution in [2.75, 3.05) is 17.7 Å². The summed E-state index contributed by atoms with van der Waals surface area (Å²) in [6.07, 6.45) is 0.765. The summed E-state index contributed by atoms with van der Waals surface area (Å²) in [5, 5.41) is 15.4. The fourth-order valence-electron chi connectivity index (χ4n) is 2.04. The second-order valence-corrected chi connectivity index (χ2v) is 4.83. The Hall–Kier alpha value is -2.61. The molecule has 21 heavy (non-hydrogen) atoms. The number of nitriles is 1. The SMILES string of the molecule is CCc1nc(NC)c(C)c(Nc2cc(C#N)ccc2C)n1. The van der Waals surface area contributed by atoms with E-state index in [0.29, 0.717) is 5.56 Å². The topological polar surface area (TPSA) is 73.6 Å². The summed E-state index contributed by atoms with van der Waals surface area (Å²) in [4.78, 5) is 9.00. The number of anilines is 3. The van der Waals surface area contributed by atoms with Crippen LogP contribution in [0.25, 0.3) is 0 Å². The molecule has 0 unspecified atom stereocenters. The first-order valence-electron chi connectivity index (χ1n) is 6.92. The van der Waals surface area contributed by atoms with Crippen LogP contribution in [-0.4, -0.2) is 17.0 Å². The quantitative estimate of drug-likeness (QED) is 0.899. The number of aryl methyl sites for hydroxylation is 2. The highest BCUT2D eigenvalue weighted by Gasteiger charge is 2.10. The van der Waals surface area contributed by atoms with Crippen LogP contribution in [0.1, 0.15) is 29.4 Å². The molecule has 1 aromatic heterocycles. The molecule has 5 heteroatoms. The molecule has 0 saturated carbocycles. The van der Waals surface area contributed by atoms with Gasteiger partial charge in [0.05, 0.1) is 11.6 Å². The zero-order valence-electron chi connectivity index (χ0n) is 12.8. The second kappa shape index (κ2) is 6.23. The van der Waals surface area contributed by atoms with Crippen LogP contribution in [0.5, 0.6) is 0 Å². The van der Waals surface area contributed by atoms with Gasteiger partial charge in [0.1, 0.15) is 17.5 Å². The molecule has 0 radical (unpaired) electrons. The highest BCUT2D eigenvalue weighted by molar-refractivity contribution is 5.68. The van der Waals surface area contributed by atoms with E-state index in [-0.39, 0.29) is 0 Å². The molecule has 2 aromatic rings. The number of benzene rings is 1. The van der Waals surface area contributed by atoms with Gasteiger partial charge in [0.25, 0.3) is 0 Å². The molecule has 0 amide bonds. The molecule has 0 aliphatic heterocycles. The van der Waals surface area contributed by atoms with Crippen LogP contribution in [0, 0.1) is 25.2 Å². The zero-order valence-corrected chi connectivity index (χ0v) is 12.8. The minimum atomic E-state index is 0.624. The lowest BCUT2D eigenvalue weighted by atomic mass is 10.1. The van der Waals surface area contributed by atoms with Crippen LogP contribution < -0.4 is 10.6 Å². The Balaban J connectivity index is 2.46. The maximum absolute atomic E-state index is 9.02. The average Bonchev–Trinajstić information content (AvgIpc) is 2.51. The summed E-state index contributed by atoms with van der Waals surface area (Å²) < 4.78 is 0. The third-order valence-corrected chi connectivity index (χ3v) is 3.36. The van der Waals surface area contributed by atoms with Gasteiger partial charge in [-0.3, -0.25) is 0 Å². The molecule has 2 rings (SSSR count). The average molecular weight is 281 g/mol. The predicted molar refractivity (Wildman–Crippen MR) is 84.9 cm³/mol. The lowest BCUT2D eigenvalue weighted by Crippen LogP contribution is -2.07. The maximum Gasteiger partial charge on any atom is 0.139 e. The summed E-state index contributed by atoms with van der Waals surface area (Å²) in [6.45, 7) is 5.99. The van der Waals surface area contributed by atoms with Crippen molar-refractivity contribution >= 4 is 17.3 Å². The summed E-state index contributed by atoms with van der Waals surface area (Å²) in [5.41, 5.74) is 3.53. The first-order chi connectivity index (χ1) is 10.1. The molecule has 0 bridgehead atoms. The summed E-state index contributed by atoms with van der Waals surface area (Å²) in [5.74, 6) is 2.37. The van der Waals surface area contributed by atoms with E-state index in [0.717, 1.165) is 40.7 Å². The Morgan fingerprint density at radius 3 is 2.52 bits per heavy atom. The number of nitrogens with one attached hydrogen (secondary N) is 2. The van der Waals surface area contributed by atoms with Crippen molar-refractivity contribution in [3.05, 3.63) is 40.7 Å². The van der Waals surface area contributed by atoms with Crippen molar-refractivity contribution in [3.63, 3.8) is 0 Å². The molecule has 108 valence electrons. The minimum Gasteiger partial charge on any atom is -0.373 e. The summed E-state index contributed by atoms with van der Waals surface area (Å²) in [6, 6.07) is 7.73. The first kappa shape index (κ1) is 14.8. The van der Waals surface area contributed by atoms with Gasteiger partial charge in [-0.25, -0.2) is 9.97 Å². The maximum atomic E-state index is 9.02. The minimum absolute atomic E-state index is 0.624. The van der Waals surface area contributed by atoms with Gasteiger partial charge in [-0.1, -0.05) is 13.0 Å². The van der Waals surface area contributed by atoms with Gasteiger partial charge in [-0.15, -0.1) is 0 Å². The molecular weight excluding hydrogens is 262 g/mol.